The number of hydrogen-bond donors (Lipinski definition) is 1. The number of rotatable bonds is 1. The van der Waals surface area contributed by atoms with Gasteiger partial charge in [0, 0.05) is 0 Å². The summed E-state index contributed by atoms with van der Waals surface area (Å²) in [6, 6.07) is 0. The van der Waals surface area contributed by atoms with Crippen LogP contribution < -0.4 is 5.69 Å². The lowest BCUT2D eigenvalue weighted by Crippen LogP contribution is -2.12. The first-order chi connectivity index (χ1) is 4.33. The van der Waals surface area contributed by atoms with Crippen LogP contribution in [0.3, 0.4) is 0 Å². The Kier molecular flexibility index (Phi) is 1.35. The molecule has 0 aliphatic rings. The van der Waals surface area contributed by atoms with E-state index in [0.29, 0.717) is 6.29 Å². The quantitative estimate of drug-likeness (QED) is 0.487. The number of carbonyl (C=O) groups excluding carboxylic acids is 1. The molecule has 1 aromatic heterocycles. The van der Waals surface area contributed by atoms with E-state index in [-0.39, 0.29) is 5.82 Å². The van der Waals surface area contributed by atoms with Crippen LogP contribution in [0.15, 0.2) is 11.1 Å². The Morgan fingerprint density at radius 1 is 1.56 bits per heavy atom. The SMILES string of the molecule is O=Cc1ncnc(=O)[nH]1. The summed E-state index contributed by atoms with van der Waals surface area (Å²) in [7, 11) is 0. The second-order valence-corrected chi connectivity index (χ2v) is 1.31. The molecule has 5 nitrogen and oxygen atoms in total. The largest absolute Gasteiger partial charge is 0.348 e. The summed E-state index contributed by atoms with van der Waals surface area (Å²) in [6.07, 6.45) is 1.48. The van der Waals surface area contributed by atoms with Gasteiger partial charge in [-0.2, -0.15) is 4.98 Å². The average molecular weight is 125 g/mol. The molecule has 5 heteroatoms. The van der Waals surface area contributed by atoms with Crippen molar-refractivity contribution in [3.63, 3.8) is 0 Å². The van der Waals surface area contributed by atoms with E-state index in [1.807, 2.05) is 0 Å². The Labute approximate surface area is 49.8 Å². The highest BCUT2D eigenvalue weighted by atomic mass is 16.1. The number of carbonyl (C=O) groups is 1. The Morgan fingerprint density at radius 2 is 2.33 bits per heavy atom. The van der Waals surface area contributed by atoms with Crippen LogP contribution in [0.1, 0.15) is 10.6 Å². The number of hydrogen-bond acceptors (Lipinski definition) is 4. The lowest BCUT2D eigenvalue weighted by atomic mass is 10.7. The minimum absolute atomic E-state index is 0.00463. The number of nitrogens with one attached hydrogen (secondary N) is 1. The predicted octanol–water partition coefficient (Wildman–Crippen LogP) is -1.02. The molecule has 0 amide bonds. The molecule has 1 aromatic rings. The molecule has 9 heavy (non-hydrogen) atoms. The molecule has 0 aromatic carbocycles. The van der Waals surface area contributed by atoms with Crippen molar-refractivity contribution in [2.75, 3.05) is 0 Å². The minimum atomic E-state index is -0.563. The van der Waals surface area contributed by atoms with E-state index in [1.54, 1.807) is 0 Å². The maximum absolute atomic E-state index is 10.3. The van der Waals surface area contributed by atoms with E-state index in [1.165, 1.54) is 0 Å². The van der Waals surface area contributed by atoms with Crippen molar-refractivity contribution in [2.45, 2.75) is 0 Å². The molecule has 0 unspecified atom stereocenters. The third-order valence-electron chi connectivity index (χ3n) is 0.718. The van der Waals surface area contributed by atoms with Gasteiger partial charge in [0.1, 0.15) is 6.33 Å². The molecule has 1 rings (SSSR count). The van der Waals surface area contributed by atoms with Gasteiger partial charge >= 0.3 is 5.69 Å². The van der Waals surface area contributed by atoms with Gasteiger partial charge in [0.15, 0.2) is 12.1 Å². The summed E-state index contributed by atoms with van der Waals surface area (Å²) >= 11 is 0. The second-order valence-electron chi connectivity index (χ2n) is 1.31. The predicted molar refractivity (Wildman–Crippen MR) is 28.0 cm³/mol. The van der Waals surface area contributed by atoms with Gasteiger partial charge in [0.25, 0.3) is 0 Å². The molecule has 0 bridgehead atoms. The van der Waals surface area contributed by atoms with Gasteiger partial charge in [0.05, 0.1) is 0 Å². The van der Waals surface area contributed by atoms with Gasteiger partial charge < -0.3 is 0 Å². The Balaban J connectivity index is 3.23. The first-order valence-electron chi connectivity index (χ1n) is 2.19. The van der Waals surface area contributed by atoms with Crippen molar-refractivity contribution in [2.24, 2.45) is 0 Å². The molecular weight excluding hydrogens is 122 g/mol. The van der Waals surface area contributed by atoms with Crippen LogP contribution in [0, 0.1) is 0 Å². The molecule has 0 saturated carbocycles. The van der Waals surface area contributed by atoms with Crippen LogP contribution in [-0.4, -0.2) is 21.2 Å². The highest BCUT2D eigenvalue weighted by molar-refractivity contribution is 5.67. The molecule has 1 heterocycles. The average Bonchev–Trinajstić information content (AvgIpc) is 1.88. The summed E-state index contributed by atoms with van der Waals surface area (Å²) < 4.78 is 0. The standard InChI is InChI=1S/C4H3N3O2/c8-1-3-5-2-6-4(9)7-3/h1-2H,(H,5,6,7,9). The van der Waals surface area contributed by atoms with Crippen molar-refractivity contribution in [1.82, 2.24) is 15.0 Å². The zero-order valence-electron chi connectivity index (χ0n) is 4.37. The van der Waals surface area contributed by atoms with Crippen LogP contribution in [-0.2, 0) is 0 Å². The molecule has 46 valence electrons. The molecule has 0 radical (unpaired) electrons. The lowest BCUT2D eigenvalue weighted by Gasteiger charge is -1.82. The minimum Gasteiger partial charge on any atom is -0.294 e. The zero-order valence-corrected chi connectivity index (χ0v) is 4.37. The Morgan fingerprint density at radius 3 is 2.78 bits per heavy atom. The summed E-state index contributed by atoms with van der Waals surface area (Å²) in [6.45, 7) is 0. The topological polar surface area (TPSA) is 75.7 Å². The van der Waals surface area contributed by atoms with Crippen LogP contribution in [0.5, 0.6) is 0 Å². The molecule has 0 atom stereocenters. The summed E-state index contributed by atoms with van der Waals surface area (Å²) in [5, 5.41) is 0. The van der Waals surface area contributed by atoms with Gasteiger partial charge in [-0.25, -0.2) is 9.78 Å². The molecular formula is C4H3N3O2. The maximum Gasteiger partial charge on any atom is 0.348 e. The van der Waals surface area contributed by atoms with Crippen molar-refractivity contribution >= 4 is 6.29 Å². The molecule has 0 fully saturated rings. The van der Waals surface area contributed by atoms with Crippen LogP contribution in [0.4, 0.5) is 0 Å². The summed E-state index contributed by atoms with van der Waals surface area (Å²) in [5.41, 5.74) is -0.563. The van der Waals surface area contributed by atoms with Crippen molar-refractivity contribution in [3.05, 3.63) is 22.6 Å². The number of aromatic nitrogens is 3. The Bertz CT molecular complexity index is 267. The number of nitrogens with zero attached hydrogens (tertiary/aromatic N) is 2. The number of H-pyrrole nitrogens is 1. The molecule has 0 saturated heterocycles. The fraction of sp³-hybridized carbons (Fsp3) is 0. The highest BCUT2D eigenvalue weighted by Crippen LogP contribution is 1.69. The molecule has 0 aliphatic carbocycles. The Hall–Kier alpha value is -1.52. The van der Waals surface area contributed by atoms with Gasteiger partial charge in [-0.15, -0.1) is 0 Å². The van der Waals surface area contributed by atoms with Gasteiger partial charge in [0.2, 0.25) is 0 Å². The molecule has 1 N–H and O–H groups in total. The van der Waals surface area contributed by atoms with Gasteiger partial charge in [-0.1, -0.05) is 0 Å². The summed E-state index contributed by atoms with van der Waals surface area (Å²) in [5.74, 6) is -0.00463. The zero-order chi connectivity index (χ0) is 6.69. The molecule has 0 spiro atoms. The number of aldehydes is 1. The van der Waals surface area contributed by atoms with E-state index in [4.69, 9.17) is 0 Å². The lowest BCUT2D eigenvalue weighted by molar-refractivity contribution is 0.111. The monoisotopic (exact) mass is 125 g/mol. The van der Waals surface area contributed by atoms with E-state index >= 15 is 0 Å². The third-order valence-corrected chi connectivity index (χ3v) is 0.718. The van der Waals surface area contributed by atoms with Crippen LogP contribution in [0.2, 0.25) is 0 Å². The smallest absolute Gasteiger partial charge is 0.294 e. The van der Waals surface area contributed by atoms with Crippen LogP contribution >= 0.6 is 0 Å². The number of aromatic amines is 1. The van der Waals surface area contributed by atoms with Gasteiger partial charge in [-0.3, -0.25) is 9.78 Å². The van der Waals surface area contributed by atoms with E-state index in [9.17, 15) is 9.59 Å². The van der Waals surface area contributed by atoms with Crippen molar-refractivity contribution in [1.29, 1.82) is 0 Å². The third kappa shape index (κ3) is 1.18. The van der Waals surface area contributed by atoms with Crippen molar-refractivity contribution < 1.29 is 4.79 Å². The van der Waals surface area contributed by atoms with E-state index < -0.39 is 5.69 Å². The van der Waals surface area contributed by atoms with Crippen LogP contribution in [0.25, 0.3) is 0 Å². The van der Waals surface area contributed by atoms with E-state index in [0.717, 1.165) is 6.33 Å². The first kappa shape index (κ1) is 5.61. The maximum atomic E-state index is 10.3. The van der Waals surface area contributed by atoms with Gasteiger partial charge in [-0.05, 0) is 0 Å². The van der Waals surface area contributed by atoms with E-state index in [2.05, 4.69) is 15.0 Å². The fourth-order valence-corrected chi connectivity index (χ4v) is 0.378. The summed E-state index contributed by atoms with van der Waals surface area (Å²) in [4.78, 5) is 28.9. The van der Waals surface area contributed by atoms with Crippen molar-refractivity contribution in [3.8, 4) is 0 Å². The molecule has 0 aliphatic heterocycles. The second kappa shape index (κ2) is 2.17. The highest BCUT2D eigenvalue weighted by Gasteiger charge is 1.88. The normalized spacial score (nSPS) is 8.89. The first-order valence-corrected chi connectivity index (χ1v) is 2.19. The fourth-order valence-electron chi connectivity index (χ4n) is 0.378.